The third-order valence-electron chi connectivity index (χ3n) is 5.94. The Bertz CT molecular complexity index is 1000. The van der Waals surface area contributed by atoms with E-state index in [-0.39, 0.29) is 17.7 Å². The summed E-state index contributed by atoms with van der Waals surface area (Å²) < 4.78 is 12.3. The van der Waals surface area contributed by atoms with Crippen LogP contribution in [-0.2, 0) is 9.31 Å². The maximum Gasteiger partial charge on any atom is 0.496 e. The molecule has 2 heterocycles. The molecule has 2 aromatic rings. The minimum Gasteiger partial charge on any atom is -0.399 e. The summed E-state index contributed by atoms with van der Waals surface area (Å²) in [5.74, 6) is -0.500. The summed E-state index contributed by atoms with van der Waals surface area (Å²) in [4.78, 5) is 39.0. The second-order valence-electron chi connectivity index (χ2n) is 8.32. The summed E-state index contributed by atoms with van der Waals surface area (Å²) in [5, 5.41) is 0. The molecule has 0 aliphatic carbocycles. The van der Waals surface area contributed by atoms with Gasteiger partial charge in [-0.15, -0.1) is 11.8 Å². The lowest BCUT2D eigenvalue weighted by Gasteiger charge is -2.32. The van der Waals surface area contributed by atoms with Gasteiger partial charge in [0.1, 0.15) is 6.29 Å². The fourth-order valence-corrected chi connectivity index (χ4v) is 4.54. The Morgan fingerprint density at radius 1 is 0.933 bits per heavy atom. The van der Waals surface area contributed by atoms with Gasteiger partial charge in [-0.2, -0.15) is 0 Å². The van der Waals surface area contributed by atoms with Crippen molar-refractivity contribution < 1.29 is 23.7 Å². The molecule has 0 saturated carbocycles. The summed E-state index contributed by atoms with van der Waals surface area (Å²) in [7, 11) is -0.721. The first-order valence-electron chi connectivity index (χ1n) is 9.68. The number of imide groups is 1. The van der Waals surface area contributed by atoms with Crippen LogP contribution >= 0.6 is 11.8 Å². The van der Waals surface area contributed by atoms with Crippen LogP contribution in [0.4, 0.5) is 0 Å². The fourth-order valence-electron chi connectivity index (χ4n) is 3.49. The Labute approximate surface area is 180 Å². The average molecular weight is 423 g/mol. The van der Waals surface area contributed by atoms with Crippen molar-refractivity contribution in [3.05, 3.63) is 59.2 Å². The van der Waals surface area contributed by atoms with E-state index in [2.05, 4.69) is 0 Å². The smallest absolute Gasteiger partial charge is 0.399 e. The van der Waals surface area contributed by atoms with E-state index < -0.39 is 18.3 Å². The van der Waals surface area contributed by atoms with Crippen molar-refractivity contribution in [1.82, 2.24) is 4.90 Å². The number of fused-ring (bicyclic) bond motifs is 1. The molecule has 154 valence electrons. The van der Waals surface area contributed by atoms with E-state index >= 15 is 0 Å². The Kier molecular flexibility index (Phi) is 5.12. The normalized spacial score (nSPS) is 19.3. The van der Waals surface area contributed by atoms with E-state index in [1.807, 2.05) is 33.8 Å². The molecule has 30 heavy (non-hydrogen) atoms. The molecular formula is C22H22BNO5S. The molecule has 2 amide bonds. The van der Waals surface area contributed by atoms with Crippen molar-refractivity contribution in [2.75, 3.05) is 5.88 Å². The summed E-state index contributed by atoms with van der Waals surface area (Å²) in [6.45, 7) is 7.79. The Morgan fingerprint density at radius 3 is 2.03 bits per heavy atom. The second kappa shape index (κ2) is 7.37. The number of aldehydes is 1. The molecule has 8 heteroatoms. The van der Waals surface area contributed by atoms with Gasteiger partial charge < -0.3 is 9.31 Å². The van der Waals surface area contributed by atoms with E-state index in [1.165, 1.54) is 16.7 Å². The quantitative estimate of drug-likeness (QED) is 0.319. The maximum atomic E-state index is 12.6. The highest BCUT2D eigenvalue weighted by Gasteiger charge is 2.53. The summed E-state index contributed by atoms with van der Waals surface area (Å²) in [5.41, 5.74) is 0.788. The number of carbonyl (C=O) groups is 3. The molecule has 4 rings (SSSR count). The van der Waals surface area contributed by atoms with Crippen LogP contribution in [0.25, 0.3) is 0 Å². The number of rotatable bonds is 5. The lowest BCUT2D eigenvalue weighted by atomic mass is 9.76. The topological polar surface area (TPSA) is 72.9 Å². The van der Waals surface area contributed by atoms with Gasteiger partial charge in [-0.3, -0.25) is 19.3 Å². The highest BCUT2D eigenvalue weighted by Crippen LogP contribution is 2.38. The lowest BCUT2D eigenvalue weighted by molar-refractivity contribution is 0.00578. The molecular weight excluding hydrogens is 401 g/mol. The third kappa shape index (κ3) is 3.29. The Morgan fingerprint density at radius 2 is 1.50 bits per heavy atom. The highest BCUT2D eigenvalue weighted by atomic mass is 32.2. The maximum absolute atomic E-state index is 12.6. The van der Waals surface area contributed by atoms with Crippen molar-refractivity contribution in [2.45, 2.75) is 43.8 Å². The summed E-state index contributed by atoms with van der Waals surface area (Å²) in [6.07, 6.45) is 0.770. The van der Waals surface area contributed by atoms with Gasteiger partial charge >= 0.3 is 7.12 Å². The number of thioether (sulfide) groups is 1. The molecule has 6 nitrogen and oxygen atoms in total. The van der Waals surface area contributed by atoms with Gasteiger partial charge in [0, 0.05) is 15.9 Å². The molecule has 1 fully saturated rings. The Balaban J connectivity index is 1.62. The van der Waals surface area contributed by atoms with Crippen LogP contribution in [0.2, 0.25) is 0 Å². The molecule has 2 aliphatic rings. The SMILES string of the molecule is CC1(C)OB(c2c(C=O)cccc2SCN2C(=O)c3ccccc3C2=O)OC1(C)C. The molecule has 0 unspecified atom stereocenters. The second-order valence-corrected chi connectivity index (χ2v) is 9.31. The fraction of sp³-hybridized carbons (Fsp3) is 0.318. The van der Waals surface area contributed by atoms with Crippen molar-refractivity contribution in [3.63, 3.8) is 0 Å². The number of carbonyl (C=O) groups excluding carboxylic acids is 3. The highest BCUT2D eigenvalue weighted by molar-refractivity contribution is 7.99. The first-order chi connectivity index (χ1) is 14.2. The molecule has 0 bridgehead atoms. The number of benzene rings is 2. The van der Waals surface area contributed by atoms with Gasteiger partial charge in [0.2, 0.25) is 0 Å². The van der Waals surface area contributed by atoms with Gasteiger partial charge in [-0.05, 0) is 45.9 Å². The number of nitrogens with zero attached hydrogens (tertiary/aromatic N) is 1. The first kappa shape index (κ1) is 20.8. The molecule has 0 spiro atoms. The van der Waals surface area contributed by atoms with Crippen molar-refractivity contribution in [1.29, 1.82) is 0 Å². The largest absolute Gasteiger partial charge is 0.496 e. The number of hydrogen-bond acceptors (Lipinski definition) is 6. The first-order valence-corrected chi connectivity index (χ1v) is 10.7. The third-order valence-corrected chi connectivity index (χ3v) is 7.00. The minimum absolute atomic E-state index is 0.126. The van der Waals surface area contributed by atoms with E-state index in [9.17, 15) is 14.4 Å². The van der Waals surface area contributed by atoms with E-state index in [4.69, 9.17) is 9.31 Å². The van der Waals surface area contributed by atoms with Crippen LogP contribution in [0, 0.1) is 0 Å². The minimum atomic E-state index is -0.721. The number of hydrogen-bond donors (Lipinski definition) is 0. The van der Waals surface area contributed by atoms with Crippen molar-refractivity contribution >= 4 is 42.4 Å². The van der Waals surface area contributed by atoms with Crippen LogP contribution in [0.3, 0.4) is 0 Å². The molecule has 2 aromatic carbocycles. The van der Waals surface area contributed by atoms with Crippen molar-refractivity contribution in [2.24, 2.45) is 0 Å². The predicted molar refractivity (Wildman–Crippen MR) is 115 cm³/mol. The molecule has 0 aromatic heterocycles. The van der Waals surface area contributed by atoms with Crippen LogP contribution in [0.5, 0.6) is 0 Å². The van der Waals surface area contributed by atoms with E-state index in [0.29, 0.717) is 22.2 Å². The van der Waals surface area contributed by atoms with Crippen molar-refractivity contribution in [3.8, 4) is 0 Å². The zero-order chi connectivity index (χ0) is 21.7. The zero-order valence-corrected chi connectivity index (χ0v) is 18.1. The van der Waals surface area contributed by atoms with Gasteiger partial charge in [-0.1, -0.05) is 24.3 Å². The Hall–Kier alpha value is -2.42. The molecule has 0 N–H and O–H groups in total. The number of amides is 2. The summed E-state index contributed by atoms with van der Waals surface area (Å²) >= 11 is 1.30. The van der Waals surface area contributed by atoms with Gasteiger partial charge in [0.05, 0.1) is 28.2 Å². The summed E-state index contributed by atoms with van der Waals surface area (Å²) in [6, 6.07) is 12.1. The standard InChI is InChI=1S/C22H22BNO5S/c1-21(2)22(3,4)29-23(28-21)18-14(12-25)8-7-11-17(18)30-13-24-19(26)15-9-5-6-10-16(15)20(24)27/h5-12H,13H2,1-4H3. The van der Waals surface area contributed by atoms with E-state index in [1.54, 1.807) is 36.4 Å². The van der Waals surface area contributed by atoms with Gasteiger partial charge in [0.25, 0.3) is 11.8 Å². The van der Waals surface area contributed by atoms with Crippen LogP contribution in [-0.4, -0.2) is 47.2 Å². The molecule has 2 aliphatic heterocycles. The van der Waals surface area contributed by atoms with Gasteiger partial charge in [-0.25, -0.2) is 0 Å². The monoisotopic (exact) mass is 423 g/mol. The zero-order valence-electron chi connectivity index (χ0n) is 17.3. The van der Waals surface area contributed by atoms with Crippen LogP contribution in [0.15, 0.2) is 47.4 Å². The molecule has 0 atom stereocenters. The average Bonchev–Trinajstić information content (AvgIpc) is 3.08. The molecule has 0 radical (unpaired) electrons. The van der Waals surface area contributed by atoms with Crippen LogP contribution in [0.1, 0.15) is 58.8 Å². The predicted octanol–water partition coefficient (Wildman–Crippen LogP) is 3.14. The molecule has 1 saturated heterocycles. The van der Waals surface area contributed by atoms with Gasteiger partial charge in [0.15, 0.2) is 0 Å². The van der Waals surface area contributed by atoms with E-state index in [0.717, 1.165) is 11.2 Å². The van der Waals surface area contributed by atoms with Crippen LogP contribution < -0.4 is 5.46 Å². The lowest BCUT2D eigenvalue weighted by Crippen LogP contribution is -2.41.